The number of rotatable bonds is 7. The van der Waals surface area contributed by atoms with Gasteiger partial charge < -0.3 is 15.0 Å². The monoisotopic (exact) mass is 431 g/mol. The molecule has 2 amide bonds. The van der Waals surface area contributed by atoms with E-state index in [2.05, 4.69) is 20.5 Å². The molecule has 1 aromatic heterocycles. The first-order chi connectivity index (χ1) is 15.6. The van der Waals surface area contributed by atoms with Gasteiger partial charge in [-0.2, -0.15) is 5.10 Å². The Bertz CT molecular complexity index is 1140. The van der Waals surface area contributed by atoms with Crippen molar-refractivity contribution in [1.29, 1.82) is 0 Å². The van der Waals surface area contributed by atoms with Crippen LogP contribution in [0.4, 0.5) is 5.69 Å². The van der Waals surface area contributed by atoms with Crippen molar-refractivity contribution in [3.05, 3.63) is 59.9 Å². The maximum absolute atomic E-state index is 12.8. The summed E-state index contributed by atoms with van der Waals surface area (Å²) in [5.74, 6) is 2.29. The lowest BCUT2D eigenvalue weighted by atomic mass is 10.1. The quantitative estimate of drug-likeness (QED) is 0.598. The van der Waals surface area contributed by atoms with Crippen molar-refractivity contribution in [3.63, 3.8) is 0 Å². The highest BCUT2D eigenvalue weighted by Gasteiger charge is 2.34. The van der Waals surface area contributed by atoms with Crippen molar-refractivity contribution in [2.75, 3.05) is 19.0 Å². The number of amides is 2. The zero-order chi connectivity index (χ0) is 22.1. The number of ether oxygens (including phenoxy) is 1. The number of carbonyl (C=O) groups is 2. The van der Waals surface area contributed by atoms with Gasteiger partial charge in [-0.3, -0.25) is 14.7 Å². The molecule has 8 heteroatoms. The normalized spacial score (nSPS) is 18.1. The second-order valence-corrected chi connectivity index (χ2v) is 8.41. The van der Waals surface area contributed by atoms with Crippen LogP contribution in [0.1, 0.15) is 36.6 Å². The fourth-order valence-corrected chi connectivity index (χ4v) is 3.98. The number of aromatic nitrogens is 3. The minimum Gasteiger partial charge on any atom is -0.497 e. The number of nitrogens with one attached hydrogen (secondary N) is 2. The van der Waals surface area contributed by atoms with Crippen molar-refractivity contribution >= 4 is 17.5 Å². The Morgan fingerprint density at radius 1 is 1.22 bits per heavy atom. The molecule has 8 nitrogen and oxygen atoms in total. The van der Waals surface area contributed by atoms with Gasteiger partial charge in [0, 0.05) is 36.7 Å². The van der Waals surface area contributed by atoms with Gasteiger partial charge in [0.2, 0.25) is 11.8 Å². The predicted octanol–water partition coefficient (Wildman–Crippen LogP) is 3.34. The van der Waals surface area contributed by atoms with Gasteiger partial charge in [-0.05, 0) is 42.7 Å². The number of H-pyrrole nitrogens is 1. The first-order valence-corrected chi connectivity index (χ1v) is 10.8. The minimum absolute atomic E-state index is 0.0111. The molecule has 1 atom stereocenters. The van der Waals surface area contributed by atoms with Gasteiger partial charge in [-0.25, -0.2) is 4.98 Å². The van der Waals surface area contributed by atoms with E-state index in [-0.39, 0.29) is 24.2 Å². The molecular weight excluding hydrogens is 406 g/mol. The van der Waals surface area contributed by atoms with E-state index in [0.29, 0.717) is 30.5 Å². The highest BCUT2D eigenvalue weighted by atomic mass is 16.5. The summed E-state index contributed by atoms with van der Waals surface area (Å²) in [5, 5.41) is 10.3. The molecule has 1 unspecified atom stereocenters. The molecule has 1 saturated heterocycles. The van der Waals surface area contributed by atoms with Crippen molar-refractivity contribution in [1.82, 2.24) is 20.1 Å². The fourth-order valence-electron chi connectivity index (χ4n) is 3.98. The molecule has 2 aliphatic rings. The minimum atomic E-state index is -0.380. The third kappa shape index (κ3) is 4.34. The Morgan fingerprint density at radius 3 is 2.78 bits per heavy atom. The molecule has 0 radical (unpaired) electrons. The Labute approximate surface area is 186 Å². The number of methoxy groups -OCH3 is 1. The van der Waals surface area contributed by atoms with Crippen LogP contribution >= 0.6 is 0 Å². The summed E-state index contributed by atoms with van der Waals surface area (Å²) >= 11 is 0. The van der Waals surface area contributed by atoms with E-state index >= 15 is 0 Å². The number of benzene rings is 2. The van der Waals surface area contributed by atoms with Crippen LogP contribution in [-0.4, -0.2) is 45.6 Å². The number of carbonyl (C=O) groups excluding carboxylic acids is 2. The second-order valence-electron chi connectivity index (χ2n) is 8.41. The molecule has 2 aromatic carbocycles. The van der Waals surface area contributed by atoms with E-state index in [0.717, 1.165) is 35.5 Å². The lowest BCUT2D eigenvalue weighted by Crippen LogP contribution is -2.28. The summed E-state index contributed by atoms with van der Waals surface area (Å²) in [6, 6.07) is 15.1. The van der Waals surface area contributed by atoms with E-state index in [1.54, 1.807) is 12.0 Å². The van der Waals surface area contributed by atoms with Crippen molar-refractivity contribution in [2.45, 2.75) is 31.7 Å². The number of hydrogen-bond acceptors (Lipinski definition) is 5. The molecule has 2 fully saturated rings. The van der Waals surface area contributed by atoms with Crippen LogP contribution in [-0.2, 0) is 16.1 Å². The average molecular weight is 431 g/mol. The molecule has 2 heterocycles. The first kappa shape index (κ1) is 20.2. The van der Waals surface area contributed by atoms with Gasteiger partial charge in [0.25, 0.3) is 0 Å². The molecule has 1 aliphatic heterocycles. The maximum atomic E-state index is 12.8. The number of likely N-dealkylation sites (tertiary alicyclic amines) is 1. The van der Waals surface area contributed by atoms with E-state index < -0.39 is 0 Å². The van der Waals surface area contributed by atoms with Crippen molar-refractivity contribution in [3.8, 4) is 17.1 Å². The lowest BCUT2D eigenvalue weighted by molar-refractivity contribution is -0.128. The van der Waals surface area contributed by atoms with Gasteiger partial charge in [0.05, 0.1) is 13.0 Å². The molecule has 0 bridgehead atoms. The van der Waals surface area contributed by atoms with E-state index in [9.17, 15) is 9.59 Å². The van der Waals surface area contributed by atoms with Crippen LogP contribution in [0.2, 0.25) is 0 Å². The first-order valence-electron chi connectivity index (χ1n) is 10.8. The maximum Gasteiger partial charge on any atom is 0.229 e. The molecule has 0 spiro atoms. The zero-order valence-electron chi connectivity index (χ0n) is 17.9. The molecule has 1 saturated carbocycles. The zero-order valence-corrected chi connectivity index (χ0v) is 17.9. The molecule has 2 N–H and O–H groups in total. The molecule has 5 rings (SSSR count). The van der Waals surface area contributed by atoms with Gasteiger partial charge >= 0.3 is 0 Å². The van der Waals surface area contributed by atoms with Gasteiger partial charge in [-0.1, -0.05) is 24.3 Å². The van der Waals surface area contributed by atoms with E-state index in [4.69, 9.17) is 4.74 Å². The molecule has 164 valence electrons. The van der Waals surface area contributed by atoms with Crippen LogP contribution < -0.4 is 10.1 Å². The SMILES string of the molecule is COc1ccc(CN2CC(C(=O)Nc3cccc(-c4n[nH]c(C5CC5)n4)c3)CC2=O)cc1. The second kappa shape index (κ2) is 8.45. The Hall–Kier alpha value is -3.68. The summed E-state index contributed by atoms with van der Waals surface area (Å²) < 4.78 is 5.17. The highest BCUT2D eigenvalue weighted by molar-refractivity contribution is 5.97. The van der Waals surface area contributed by atoms with E-state index in [1.165, 1.54) is 0 Å². The summed E-state index contributed by atoms with van der Waals surface area (Å²) in [6.45, 7) is 0.887. The fraction of sp³-hybridized carbons (Fsp3) is 0.333. The standard InChI is InChI=1S/C24H25N5O3/c1-32-20-9-5-15(6-10-20)13-29-14-18(12-21(29)30)24(31)25-19-4-2-3-17(11-19)23-26-22(27-28-23)16-7-8-16/h2-6,9-11,16,18H,7-8,12-14H2,1H3,(H,25,31)(H,26,27,28). The molecule has 32 heavy (non-hydrogen) atoms. The summed E-state index contributed by atoms with van der Waals surface area (Å²) in [6.07, 6.45) is 2.52. The third-order valence-electron chi connectivity index (χ3n) is 5.97. The molecular formula is C24H25N5O3. The smallest absolute Gasteiger partial charge is 0.229 e. The van der Waals surface area contributed by atoms with Crippen molar-refractivity contribution in [2.24, 2.45) is 5.92 Å². The van der Waals surface area contributed by atoms with Crippen LogP contribution in [0.15, 0.2) is 48.5 Å². The molecule has 3 aromatic rings. The van der Waals surface area contributed by atoms with Crippen molar-refractivity contribution < 1.29 is 14.3 Å². The number of aromatic amines is 1. The summed E-state index contributed by atoms with van der Waals surface area (Å²) in [7, 11) is 1.62. The predicted molar refractivity (Wildman–Crippen MR) is 119 cm³/mol. The Balaban J connectivity index is 1.21. The average Bonchev–Trinajstić information content (AvgIpc) is 3.42. The number of nitrogens with zero attached hydrogens (tertiary/aromatic N) is 3. The van der Waals surface area contributed by atoms with E-state index in [1.807, 2.05) is 48.5 Å². The van der Waals surface area contributed by atoms with Gasteiger partial charge in [0.1, 0.15) is 11.6 Å². The van der Waals surface area contributed by atoms with Crippen LogP contribution in [0.3, 0.4) is 0 Å². The highest BCUT2D eigenvalue weighted by Crippen LogP contribution is 2.38. The van der Waals surface area contributed by atoms with Crippen LogP contribution in [0.5, 0.6) is 5.75 Å². The van der Waals surface area contributed by atoms with Gasteiger partial charge in [-0.15, -0.1) is 0 Å². The Kier molecular flexibility index (Phi) is 5.34. The third-order valence-corrected chi connectivity index (χ3v) is 5.97. The topological polar surface area (TPSA) is 100 Å². The van der Waals surface area contributed by atoms with Gasteiger partial charge in [0.15, 0.2) is 5.82 Å². The Morgan fingerprint density at radius 2 is 2.03 bits per heavy atom. The lowest BCUT2D eigenvalue weighted by Gasteiger charge is -2.17. The largest absolute Gasteiger partial charge is 0.497 e. The number of hydrogen-bond donors (Lipinski definition) is 2. The summed E-state index contributed by atoms with van der Waals surface area (Å²) in [4.78, 5) is 31.6. The number of anilines is 1. The van der Waals surface area contributed by atoms with Crippen LogP contribution in [0, 0.1) is 5.92 Å². The van der Waals surface area contributed by atoms with Crippen LogP contribution in [0.25, 0.3) is 11.4 Å². The summed E-state index contributed by atoms with van der Waals surface area (Å²) in [5.41, 5.74) is 2.52. The molecule has 1 aliphatic carbocycles.